The quantitative estimate of drug-likeness (QED) is 0.535. The maximum Gasteiger partial charge on any atom is 0.387 e. The number of carbonyl (C=O) groups is 1. The van der Waals surface area contributed by atoms with Gasteiger partial charge >= 0.3 is 6.61 Å². The molecule has 0 saturated heterocycles. The number of ether oxygens (including phenoxy) is 1. The predicted molar refractivity (Wildman–Crippen MR) is 108 cm³/mol. The maximum absolute atomic E-state index is 12.9. The summed E-state index contributed by atoms with van der Waals surface area (Å²) in [4.78, 5) is 19.8. The molecular weight excluding hydrogens is 412 g/mol. The number of hydrogen-bond donors (Lipinski definition) is 1. The number of rotatable bonds is 7. The molecule has 1 atom stereocenters. The van der Waals surface area contributed by atoms with Crippen LogP contribution in [-0.2, 0) is 4.79 Å². The van der Waals surface area contributed by atoms with Gasteiger partial charge in [-0.05, 0) is 59.5 Å². The zero-order valence-corrected chi connectivity index (χ0v) is 16.9. The number of hydrogen-bond acceptors (Lipinski definition) is 6. The average Bonchev–Trinajstić information content (AvgIpc) is 3.29. The molecule has 2 aliphatic rings. The fourth-order valence-corrected chi connectivity index (χ4v) is 4.69. The second-order valence-corrected chi connectivity index (χ2v) is 8.30. The van der Waals surface area contributed by atoms with Crippen molar-refractivity contribution < 1.29 is 23.4 Å². The van der Waals surface area contributed by atoms with Crippen LogP contribution in [0.5, 0.6) is 5.75 Å². The lowest BCUT2D eigenvalue weighted by Crippen LogP contribution is -2.37. The summed E-state index contributed by atoms with van der Waals surface area (Å²) in [5.74, 6) is -0.623. The fraction of sp³-hybridized carbons (Fsp3) is 0.333. The Morgan fingerprint density at radius 2 is 1.80 bits per heavy atom. The molecule has 1 N–H and O–H groups in total. The molecule has 0 aliphatic carbocycles. The smallest absolute Gasteiger partial charge is 0.387 e. The first-order valence-corrected chi connectivity index (χ1v) is 10.3. The molecule has 4 rings (SSSR count). The topological polar surface area (TPSA) is 65.9 Å². The van der Waals surface area contributed by atoms with Crippen LogP contribution in [0, 0.1) is 0 Å². The van der Waals surface area contributed by atoms with Crippen molar-refractivity contribution in [1.82, 2.24) is 14.2 Å². The minimum atomic E-state index is -2.83. The lowest BCUT2D eigenvalue weighted by atomic mass is 10.0. The van der Waals surface area contributed by atoms with Crippen LogP contribution in [0.2, 0.25) is 0 Å². The number of pyridine rings is 1. The standard InChI is InChI=1S/C21H21F2N3O3S/c22-21(23)29-16-4-6-17(7-5-16)30-26-11-14-9-25(10-15(14)12-26)20(28)18(13-27)19-3-1-2-8-24-19/h1-8,18,21,27H,9-13H2. The predicted octanol–water partition coefficient (Wildman–Crippen LogP) is 2.92. The van der Waals surface area contributed by atoms with E-state index in [9.17, 15) is 18.7 Å². The number of carbonyl (C=O) groups excluding carboxylic acids is 1. The molecule has 9 heteroatoms. The highest BCUT2D eigenvalue weighted by Crippen LogP contribution is 2.34. The highest BCUT2D eigenvalue weighted by Gasteiger charge is 2.35. The Morgan fingerprint density at radius 1 is 1.10 bits per heavy atom. The number of halogens is 2. The van der Waals surface area contributed by atoms with Crippen LogP contribution in [0.4, 0.5) is 8.78 Å². The van der Waals surface area contributed by atoms with Crippen molar-refractivity contribution in [3.63, 3.8) is 0 Å². The number of nitrogens with zero attached hydrogens (tertiary/aromatic N) is 3. The van der Waals surface area contributed by atoms with E-state index in [4.69, 9.17) is 0 Å². The molecule has 30 heavy (non-hydrogen) atoms. The van der Waals surface area contributed by atoms with Gasteiger partial charge in [-0.15, -0.1) is 0 Å². The number of benzene rings is 1. The third-order valence-corrected chi connectivity index (χ3v) is 6.12. The minimum Gasteiger partial charge on any atom is -0.435 e. The van der Waals surface area contributed by atoms with Crippen LogP contribution in [0.3, 0.4) is 0 Å². The minimum absolute atomic E-state index is 0.112. The second kappa shape index (κ2) is 9.11. The van der Waals surface area contributed by atoms with Gasteiger partial charge in [0.05, 0.1) is 12.3 Å². The lowest BCUT2D eigenvalue weighted by Gasteiger charge is -2.25. The molecule has 1 aromatic carbocycles. The molecule has 1 unspecified atom stereocenters. The van der Waals surface area contributed by atoms with Crippen molar-refractivity contribution in [2.24, 2.45) is 0 Å². The summed E-state index contributed by atoms with van der Waals surface area (Å²) in [7, 11) is 0. The molecule has 2 aliphatic heterocycles. The van der Waals surface area contributed by atoms with Crippen LogP contribution in [0.1, 0.15) is 11.6 Å². The summed E-state index contributed by atoms with van der Waals surface area (Å²) in [5.41, 5.74) is 3.01. The summed E-state index contributed by atoms with van der Waals surface area (Å²) in [6.07, 6.45) is 1.62. The monoisotopic (exact) mass is 433 g/mol. The maximum atomic E-state index is 12.9. The van der Waals surface area contributed by atoms with Gasteiger partial charge in [-0.25, -0.2) is 4.31 Å². The third kappa shape index (κ3) is 4.63. The van der Waals surface area contributed by atoms with Crippen molar-refractivity contribution in [3.8, 4) is 5.75 Å². The van der Waals surface area contributed by atoms with Crippen LogP contribution in [0.25, 0.3) is 0 Å². The SMILES string of the molecule is O=C(C(CO)c1ccccn1)N1CC2=C(CN(Sc3ccc(OC(F)F)cc3)C2)C1. The third-order valence-electron chi connectivity index (χ3n) is 5.12. The van der Waals surface area contributed by atoms with Crippen LogP contribution < -0.4 is 4.74 Å². The number of aliphatic hydroxyl groups is 1. The first-order valence-electron chi connectivity index (χ1n) is 9.51. The Kier molecular flexibility index (Phi) is 6.31. The Morgan fingerprint density at radius 3 is 2.37 bits per heavy atom. The van der Waals surface area contributed by atoms with Gasteiger partial charge in [-0.3, -0.25) is 9.78 Å². The first-order chi connectivity index (χ1) is 14.5. The highest BCUT2D eigenvalue weighted by molar-refractivity contribution is 7.97. The van der Waals surface area contributed by atoms with E-state index in [1.54, 1.807) is 47.3 Å². The summed E-state index contributed by atoms with van der Waals surface area (Å²) in [5, 5.41) is 9.72. The lowest BCUT2D eigenvalue weighted by molar-refractivity contribution is -0.132. The Bertz CT molecular complexity index is 907. The molecule has 0 bridgehead atoms. The summed E-state index contributed by atoms with van der Waals surface area (Å²) >= 11 is 1.55. The molecule has 6 nitrogen and oxygen atoms in total. The fourth-order valence-electron chi connectivity index (χ4n) is 3.70. The van der Waals surface area contributed by atoms with E-state index in [1.807, 2.05) is 6.07 Å². The van der Waals surface area contributed by atoms with E-state index in [1.165, 1.54) is 23.3 Å². The molecule has 0 fully saturated rings. The van der Waals surface area contributed by atoms with Gasteiger partial charge in [0.1, 0.15) is 11.7 Å². The van der Waals surface area contributed by atoms with E-state index in [0.29, 0.717) is 18.8 Å². The molecule has 0 radical (unpaired) electrons. The van der Waals surface area contributed by atoms with Gasteiger partial charge < -0.3 is 14.7 Å². The first kappa shape index (κ1) is 20.8. The summed E-state index contributed by atoms with van der Waals surface area (Å²) in [6.45, 7) is -0.544. The average molecular weight is 433 g/mol. The van der Waals surface area contributed by atoms with Crippen LogP contribution in [-0.4, -0.2) is 64.6 Å². The molecule has 2 aromatic rings. The van der Waals surface area contributed by atoms with Crippen molar-refractivity contribution in [1.29, 1.82) is 0 Å². The van der Waals surface area contributed by atoms with Crippen molar-refractivity contribution in [2.75, 3.05) is 32.8 Å². The zero-order chi connectivity index (χ0) is 21.1. The molecule has 1 amide bonds. The van der Waals surface area contributed by atoms with Gasteiger partial charge in [0.15, 0.2) is 0 Å². The summed E-state index contributed by atoms with van der Waals surface area (Å²) < 4.78 is 31.1. The molecular formula is C21H21F2N3O3S. The van der Waals surface area contributed by atoms with E-state index < -0.39 is 12.5 Å². The van der Waals surface area contributed by atoms with Gasteiger partial charge in [-0.1, -0.05) is 6.07 Å². The largest absolute Gasteiger partial charge is 0.435 e. The van der Waals surface area contributed by atoms with Crippen LogP contribution in [0.15, 0.2) is 64.7 Å². The Labute approximate surface area is 177 Å². The highest BCUT2D eigenvalue weighted by atomic mass is 32.2. The molecule has 0 spiro atoms. The van der Waals surface area contributed by atoms with Crippen molar-refractivity contribution in [2.45, 2.75) is 17.4 Å². The Balaban J connectivity index is 1.31. The molecule has 0 saturated carbocycles. The zero-order valence-electron chi connectivity index (χ0n) is 16.1. The van der Waals surface area contributed by atoms with Gasteiger partial charge in [0.25, 0.3) is 0 Å². The number of alkyl halides is 2. The van der Waals surface area contributed by atoms with E-state index >= 15 is 0 Å². The van der Waals surface area contributed by atoms with E-state index in [2.05, 4.69) is 14.0 Å². The number of amides is 1. The molecule has 1 aromatic heterocycles. The van der Waals surface area contributed by atoms with E-state index in [-0.39, 0.29) is 18.3 Å². The van der Waals surface area contributed by atoms with Crippen molar-refractivity contribution in [3.05, 3.63) is 65.5 Å². The number of aliphatic hydroxyl groups excluding tert-OH is 1. The summed E-state index contributed by atoms with van der Waals surface area (Å²) in [6, 6.07) is 11.9. The van der Waals surface area contributed by atoms with Gasteiger partial charge in [0.2, 0.25) is 5.91 Å². The molecule has 158 valence electrons. The van der Waals surface area contributed by atoms with Gasteiger partial charge in [0, 0.05) is 37.3 Å². The molecule has 3 heterocycles. The van der Waals surface area contributed by atoms with E-state index in [0.717, 1.165) is 18.0 Å². The normalized spacial score (nSPS) is 17.5. The second-order valence-electron chi connectivity index (χ2n) is 7.13. The van der Waals surface area contributed by atoms with Crippen molar-refractivity contribution >= 4 is 17.9 Å². The Hall–Kier alpha value is -2.49. The van der Waals surface area contributed by atoms with Gasteiger partial charge in [-0.2, -0.15) is 8.78 Å². The number of aromatic nitrogens is 1. The van der Waals surface area contributed by atoms with Crippen LogP contribution >= 0.6 is 11.9 Å².